The van der Waals surface area contributed by atoms with E-state index in [4.69, 9.17) is 0 Å². The average Bonchev–Trinajstić information content (AvgIpc) is 3.14. The molecule has 5 heteroatoms. The zero-order valence-electron chi connectivity index (χ0n) is 13.5. The quantitative estimate of drug-likeness (QED) is 0.741. The number of nitrogens with zero attached hydrogens (tertiary/aromatic N) is 3. The summed E-state index contributed by atoms with van der Waals surface area (Å²) in [6.45, 7) is 3.69. The Labute approximate surface area is 139 Å². The average molecular weight is 323 g/mol. The third kappa shape index (κ3) is 2.56. The second kappa shape index (κ2) is 5.74. The van der Waals surface area contributed by atoms with Crippen LogP contribution >= 0.6 is 0 Å². The van der Waals surface area contributed by atoms with Crippen LogP contribution in [0.5, 0.6) is 0 Å². The molecule has 0 bridgehead atoms. The Hall–Kier alpha value is -2.69. The smallest absolute Gasteiger partial charge is 0.225 e. The number of carbonyl (C=O) groups excluding carboxylic acids is 1. The van der Waals surface area contributed by atoms with E-state index in [0.717, 1.165) is 16.6 Å². The van der Waals surface area contributed by atoms with Crippen LogP contribution in [0.4, 0.5) is 4.39 Å². The van der Waals surface area contributed by atoms with Crippen LogP contribution < -0.4 is 0 Å². The molecule has 0 saturated carbocycles. The van der Waals surface area contributed by atoms with Crippen molar-refractivity contribution in [3.05, 3.63) is 65.1 Å². The van der Waals surface area contributed by atoms with Crippen LogP contribution in [-0.4, -0.2) is 20.6 Å². The maximum absolute atomic E-state index is 13.5. The summed E-state index contributed by atoms with van der Waals surface area (Å²) in [5.41, 5.74) is 4.03. The Balaban J connectivity index is 1.48. The SMILES string of the molecule is Cc1nn(CCC(=O)N2Cc3ccccc3C2)c2cc(F)ccc12. The van der Waals surface area contributed by atoms with E-state index in [-0.39, 0.29) is 11.7 Å². The maximum Gasteiger partial charge on any atom is 0.225 e. The Bertz CT molecular complexity index is 907. The number of amides is 1. The fourth-order valence-electron chi connectivity index (χ4n) is 3.35. The first kappa shape index (κ1) is 14.9. The van der Waals surface area contributed by atoms with E-state index in [9.17, 15) is 9.18 Å². The number of fused-ring (bicyclic) bond motifs is 2. The third-order valence-corrected chi connectivity index (χ3v) is 4.63. The number of hydrogen-bond donors (Lipinski definition) is 0. The molecular formula is C19H18FN3O. The van der Waals surface area contributed by atoms with E-state index in [1.807, 2.05) is 24.0 Å². The number of hydrogen-bond acceptors (Lipinski definition) is 2. The Morgan fingerprint density at radius 2 is 1.88 bits per heavy atom. The van der Waals surface area contributed by atoms with E-state index in [1.165, 1.54) is 23.3 Å². The van der Waals surface area contributed by atoms with Gasteiger partial charge >= 0.3 is 0 Å². The van der Waals surface area contributed by atoms with Crippen LogP contribution in [-0.2, 0) is 24.4 Å². The van der Waals surface area contributed by atoms with E-state index in [0.29, 0.717) is 26.1 Å². The van der Waals surface area contributed by atoms with E-state index in [2.05, 4.69) is 17.2 Å². The van der Waals surface area contributed by atoms with Gasteiger partial charge < -0.3 is 4.90 Å². The first-order valence-corrected chi connectivity index (χ1v) is 8.09. The van der Waals surface area contributed by atoms with Gasteiger partial charge in [-0.25, -0.2) is 4.39 Å². The molecule has 1 aromatic heterocycles. The van der Waals surface area contributed by atoms with Crippen LogP contribution in [0.1, 0.15) is 23.2 Å². The monoisotopic (exact) mass is 323 g/mol. The van der Waals surface area contributed by atoms with Crippen LogP contribution in [0.25, 0.3) is 10.9 Å². The lowest BCUT2D eigenvalue weighted by atomic mass is 10.1. The standard InChI is InChI=1S/C19H18FN3O/c1-13-17-7-6-16(20)10-18(17)23(21-13)9-8-19(24)22-11-14-4-2-3-5-15(14)12-22/h2-7,10H,8-9,11-12H2,1H3. The summed E-state index contributed by atoms with van der Waals surface area (Å²) < 4.78 is 15.2. The molecule has 4 nitrogen and oxygen atoms in total. The molecule has 24 heavy (non-hydrogen) atoms. The van der Waals surface area contributed by atoms with Gasteiger partial charge in [-0.05, 0) is 36.2 Å². The molecule has 0 aliphatic carbocycles. The summed E-state index contributed by atoms with van der Waals surface area (Å²) >= 11 is 0. The zero-order valence-corrected chi connectivity index (χ0v) is 13.5. The van der Waals surface area contributed by atoms with E-state index >= 15 is 0 Å². The van der Waals surface area contributed by atoms with Crippen molar-refractivity contribution in [2.45, 2.75) is 33.0 Å². The lowest BCUT2D eigenvalue weighted by Crippen LogP contribution is -2.26. The molecule has 0 N–H and O–H groups in total. The van der Waals surface area contributed by atoms with Gasteiger partial charge in [0.05, 0.1) is 17.8 Å². The zero-order chi connectivity index (χ0) is 16.7. The summed E-state index contributed by atoms with van der Waals surface area (Å²) in [6, 6.07) is 12.8. The number of aromatic nitrogens is 2. The predicted molar refractivity (Wildman–Crippen MR) is 89.7 cm³/mol. The Kier molecular flexibility index (Phi) is 3.56. The molecule has 1 amide bonds. The van der Waals surface area contributed by atoms with Crippen LogP contribution in [0, 0.1) is 12.7 Å². The molecule has 0 unspecified atom stereocenters. The molecule has 1 aliphatic heterocycles. The van der Waals surface area contributed by atoms with Gasteiger partial charge in [-0.2, -0.15) is 5.10 Å². The highest BCUT2D eigenvalue weighted by Gasteiger charge is 2.22. The highest BCUT2D eigenvalue weighted by molar-refractivity contribution is 5.82. The first-order valence-electron chi connectivity index (χ1n) is 8.09. The minimum absolute atomic E-state index is 0.101. The molecule has 0 saturated heterocycles. The molecular weight excluding hydrogens is 305 g/mol. The molecule has 0 spiro atoms. The predicted octanol–water partition coefficient (Wildman–Crippen LogP) is 3.42. The molecule has 0 radical (unpaired) electrons. The van der Waals surface area contributed by atoms with Gasteiger partial charge in [0.15, 0.2) is 0 Å². The fraction of sp³-hybridized carbons (Fsp3) is 0.263. The Morgan fingerprint density at radius 3 is 2.58 bits per heavy atom. The second-order valence-corrected chi connectivity index (χ2v) is 6.24. The third-order valence-electron chi connectivity index (χ3n) is 4.63. The van der Waals surface area contributed by atoms with Crippen molar-refractivity contribution >= 4 is 16.8 Å². The van der Waals surface area contributed by atoms with Crippen molar-refractivity contribution in [1.82, 2.24) is 14.7 Å². The summed E-state index contributed by atoms with van der Waals surface area (Å²) in [6.07, 6.45) is 0.362. The van der Waals surface area contributed by atoms with Crippen molar-refractivity contribution in [3.63, 3.8) is 0 Å². The normalized spacial score (nSPS) is 13.5. The van der Waals surface area contributed by atoms with E-state index in [1.54, 1.807) is 10.7 Å². The first-order chi connectivity index (χ1) is 11.6. The van der Waals surface area contributed by atoms with E-state index < -0.39 is 0 Å². The number of carbonyl (C=O) groups is 1. The largest absolute Gasteiger partial charge is 0.334 e. The summed E-state index contributed by atoms with van der Waals surface area (Å²) in [7, 11) is 0. The number of benzene rings is 2. The van der Waals surface area contributed by atoms with Crippen molar-refractivity contribution < 1.29 is 9.18 Å². The van der Waals surface area contributed by atoms with Gasteiger partial charge in [-0.3, -0.25) is 9.48 Å². The summed E-state index contributed by atoms with van der Waals surface area (Å²) in [5, 5.41) is 5.38. The minimum Gasteiger partial charge on any atom is -0.334 e. The maximum atomic E-state index is 13.5. The number of aryl methyl sites for hydroxylation is 2. The molecule has 3 aromatic rings. The fourth-order valence-corrected chi connectivity index (χ4v) is 3.35. The van der Waals surface area contributed by atoms with Crippen molar-refractivity contribution in [2.75, 3.05) is 0 Å². The van der Waals surface area contributed by atoms with Gasteiger partial charge in [0.2, 0.25) is 5.91 Å². The Morgan fingerprint density at radius 1 is 1.17 bits per heavy atom. The summed E-state index contributed by atoms with van der Waals surface area (Å²) in [5.74, 6) is -0.186. The minimum atomic E-state index is -0.287. The van der Waals surface area contributed by atoms with Crippen molar-refractivity contribution in [3.8, 4) is 0 Å². The van der Waals surface area contributed by atoms with Gasteiger partial charge in [-0.15, -0.1) is 0 Å². The number of rotatable bonds is 3. The molecule has 2 aromatic carbocycles. The summed E-state index contributed by atoms with van der Waals surface area (Å²) in [4.78, 5) is 14.4. The van der Waals surface area contributed by atoms with Gasteiger partial charge in [0.25, 0.3) is 0 Å². The van der Waals surface area contributed by atoms with Crippen LogP contribution in [0.2, 0.25) is 0 Å². The molecule has 1 aliphatic rings. The molecule has 4 rings (SSSR count). The lowest BCUT2D eigenvalue weighted by molar-refractivity contribution is -0.132. The molecule has 0 fully saturated rings. The highest BCUT2D eigenvalue weighted by Crippen LogP contribution is 2.23. The van der Waals surface area contributed by atoms with Gasteiger partial charge in [-0.1, -0.05) is 24.3 Å². The topological polar surface area (TPSA) is 38.1 Å². The van der Waals surface area contributed by atoms with Crippen LogP contribution in [0.3, 0.4) is 0 Å². The lowest BCUT2D eigenvalue weighted by Gasteiger charge is -2.15. The highest BCUT2D eigenvalue weighted by atomic mass is 19.1. The second-order valence-electron chi connectivity index (χ2n) is 6.24. The van der Waals surface area contributed by atoms with Gasteiger partial charge in [0.1, 0.15) is 5.82 Å². The van der Waals surface area contributed by atoms with Crippen molar-refractivity contribution in [1.29, 1.82) is 0 Å². The van der Waals surface area contributed by atoms with Gasteiger partial charge in [0, 0.05) is 24.9 Å². The molecule has 122 valence electrons. The van der Waals surface area contributed by atoms with Crippen molar-refractivity contribution in [2.24, 2.45) is 0 Å². The number of halogens is 1. The molecule has 2 heterocycles. The molecule has 0 atom stereocenters. The van der Waals surface area contributed by atoms with Crippen LogP contribution in [0.15, 0.2) is 42.5 Å².